The van der Waals surface area contributed by atoms with Crippen molar-refractivity contribution in [2.24, 2.45) is 0 Å². The van der Waals surface area contributed by atoms with Gasteiger partial charge in [-0.3, -0.25) is 4.31 Å². The molecule has 0 saturated heterocycles. The first-order valence-electron chi connectivity index (χ1n) is 6.25. The Labute approximate surface area is 138 Å². The minimum Gasteiger partial charge on any atom is -0.496 e. The lowest BCUT2D eigenvalue weighted by molar-refractivity contribution is 0.411. The first kappa shape index (κ1) is 16.1. The van der Waals surface area contributed by atoms with Gasteiger partial charge in [-0.25, -0.2) is 8.42 Å². The molecule has 0 unspecified atom stereocenters. The van der Waals surface area contributed by atoms with Crippen LogP contribution in [0.15, 0.2) is 47.4 Å². The van der Waals surface area contributed by atoms with E-state index < -0.39 is 10.0 Å². The Kier molecular flexibility index (Phi) is 4.77. The predicted molar refractivity (Wildman–Crippen MR) is 92.5 cm³/mol. The molecule has 2 rings (SSSR count). The number of benzene rings is 2. The van der Waals surface area contributed by atoms with Crippen LogP contribution in [0.4, 0.5) is 5.69 Å². The van der Waals surface area contributed by atoms with E-state index >= 15 is 0 Å². The lowest BCUT2D eigenvalue weighted by Gasteiger charge is -2.20. The van der Waals surface area contributed by atoms with Crippen LogP contribution in [-0.4, -0.2) is 22.6 Å². The second kappa shape index (κ2) is 6.23. The van der Waals surface area contributed by atoms with Gasteiger partial charge in [0.2, 0.25) is 0 Å². The normalized spacial score (nSPS) is 11.2. The Bertz CT molecular complexity index is 742. The Balaban J connectivity index is 2.41. The summed E-state index contributed by atoms with van der Waals surface area (Å²) in [7, 11) is -0.461. The van der Waals surface area contributed by atoms with Crippen molar-refractivity contribution in [2.75, 3.05) is 18.5 Å². The summed E-state index contributed by atoms with van der Waals surface area (Å²) in [5.41, 5.74) is 1.42. The van der Waals surface area contributed by atoms with Gasteiger partial charge in [0.15, 0.2) is 0 Å². The number of halogens is 1. The molecule has 0 saturated carbocycles. The topological polar surface area (TPSA) is 46.6 Å². The summed E-state index contributed by atoms with van der Waals surface area (Å²) in [5, 5.41) is 0. The number of anilines is 1. The summed E-state index contributed by atoms with van der Waals surface area (Å²) >= 11 is 2.18. The van der Waals surface area contributed by atoms with Crippen molar-refractivity contribution < 1.29 is 13.2 Å². The Morgan fingerprint density at radius 2 is 1.71 bits per heavy atom. The van der Waals surface area contributed by atoms with Crippen molar-refractivity contribution in [1.29, 1.82) is 0 Å². The van der Waals surface area contributed by atoms with Gasteiger partial charge < -0.3 is 4.74 Å². The third-order valence-corrected chi connectivity index (χ3v) is 5.72. The lowest BCUT2D eigenvalue weighted by Crippen LogP contribution is -2.26. The second-order valence-electron chi connectivity index (χ2n) is 4.58. The van der Waals surface area contributed by atoms with Crippen LogP contribution in [0, 0.1) is 10.5 Å². The zero-order valence-electron chi connectivity index (χ0n) is 12.0. The number of ether oxygens (including phenoxy) is 1. The number of sulfonamides is 1. The fraction of sp³-hybridized carbons (Fsp3) is 0.200. The molecule has 6 heteroatoms. The van der Waals surface area contributed by atoms with E-state index in [2.05, 4.69) is 22.6 Å². The van der Waals surface area contributed by atoms with E-state index in [0.29, 0.717) is 11.4 Å². The predicted octanol–water partition coefficient (Wildman–Crippen LogP) is 3.43. The molecule has 0 radical (unpaired) electrons. The smallest absolute Gasteiger partial charge is 0.264 e. The van der Waals surface area contributed by atoms with Crippen LogP contribution in [-0.2, 0) is 10.0 Å². The van der Waals surface area contributed by atoms with Crippen molar-refractivity contribution in [1.82, 2.24) is 0 Å². The van der Waals surface area contributed by atoms with Crippen molar-refractivity contribution >= 4 is 38.3 Å². The highest BCUT2D eigenvalue weighted by Crippen LogP contribution is 2.26. The molecule has 0 heterocycles. The molecule has 0 atom stereocenters. The zero-order valence-corrected chi connectivity index (χ0v) is 15.0. The Morgan fingerprint density at radius 3 is 2.24 bits per heavy atom. The van der Waals surface area contributed by atoms with Crippen molar-refractivity contribution in [2.45, 2.75) is 11.8 Å². The minimum absolute atomic E-state index is 0.252. The number of methoxy groups -OCH3 is 1. The van der Waals surface area contributed by atoms with Crippen molar-refractivity contribution in [3.8, 4) is 5.75 Å². The monoisotopic (exact) mass is 417 g/mol. The fourth-order valence-corrected chi connectivity index (χ4v) is 3.60. The molecule has 0 N–H and O–H groups in total. The molecular weight excluding hydrogens is 401 g/mol. The van der Waals surface area contributed by atoms with Gasteiger partial charge in [0.25, 0.3) is 10.0 Å². The van der Waals surface area contributed by atoms with E-state index in [4.69, 9.17) is 4.74 Å². The van der Waals surface area contributed by atoms with E-state index in [1.165, 1.54) is 4.31 Å². The summed E-state index contributed by atoms with van der Waals surface area (Å²) < 4.78 is 32.8. The molecule has 0 aliphatic carbocycles. The van der Waals surface area contributed by atoms with Crippen LogP contribution in [0.5, 0.6) is 5.75 Å². The third-order valence-electron chi connectivity index (χ3n) is 3.21. The molecule has 2 aromatic carbocycles. The molecule has 0 spiro atoms. The minimum atomic E-state index is -3.58. The molecule has 0 fully saturated rings. The summed E-state index contributed by atoms with van der Waals surface area (Å²) in [4.78, 5) is 0.252. The maximum absolute atomic E-state index is 12.7. The van der Waals surface area contributed by atoms with Gasteiger partial charge in [0.1, 0.15) is 5.75 Å². The van der Waals surface area contributed by atoms with Gasteiger partial charge in [-0.1, -0.05) is 0 Å². The Morgan fingerprint density at radius 1 is 1.10 bits per heavy atom. The largest absolute Gasteiger partial charge is 0.496 e. The highest BCUT2D eigenvalue weighted by atomic mass is 127. The molecule has 0 aromatic heterocycles. The summed E-state index contributed by atoms with van der Waals surface area (Å²) in [6.45, 7) is 1.82. The molecule has 21 heavy (non-hydrogen) atoms. The second-order valence-corrected chi connectivity index (χ2v) is 7.80. The van der Waals surface area contributed by atoms with Gasteiger partial charge in [-0.2, -0.15) is 0 Å². The van der Waals surface area contributed by atoms with E-state index in [1.807, 2.05) is 19.1 Å². The first-order valence-corrected chi connectivity index (χ1v) is 8.77. The van der Waals surface area contributed by atoms with E-state index in [0.717, 1.165) is 9.13 Å². The van der Waals surface area contributed by atoms with E-state index in [-0.39, 0.29) is 4.90 Å². The number of nitrogens with zero attached hydrogens (tertiary/aromatic N) is 1. The average molecular weight is 417 g/mol. The van der Waals surface area contributed by atoms with Crippen LogP contribution >= 0.6 is 22.6 Å². The van der Waals surface area contributed by atoms with Gasteiger partial charge in [0.05, 0.1) is 17.7 Å². The quantitative estimate of drug-likeness (QED) is 0.717. The van der Waals surface area contributed by atoms with Gasteiger partial charge in [-0.05, 0) is 77.5 Å². The molecule has 0 bridgehead atoms. The maximum atomic E-state index is 12.7. The highest BCUT2D eigenvalue weighted by Gasteiger charge is 2.22. The molecule has 0 amide bonds. The molecule has 0 aliphatic heterocycles. The number of aryl methyl sites for hydroxylation is 1. The SMILES string of the molecule is COc1ccc(S(=O)(=O)N(C)c2ccc(I)cc2)cc1C. The zero-order chi connectivity index (χ0) is 15.6. The van der Waals surface area contributed by atoms with Gasteiger partial charge in [0, 0.05) is 10.6 Å². The third kappa shape index (κ3) is 3.32. The van der Waals surface area contributed by atoms with Crippen LogP contribution in [0.3, 0.4) is 0 Å². The van der Waals surface area contributed by atoms with Crippen LogP contribution in [0.1, 0.15) is 5.56 Å². The molecule has 4 nitrogen and oxygen atoms in total. The Hall–Kier alpha value is -1.28. The standard InChI is InChI=1S/C15H16INO3S/c1-11-10-14(8-9-15(11)20-3)21(18,19)17(2)13-6-4-12(16)5-7-13/h4-10H,1-3H3. The summed E-state index contributed by atoms with van der Waals surface area (Å²) in [5.74, 6) is 0.672. The molecule has 112 valence electrons. The average Bonchev–Trinajstić information content (AvgIpc) is 2.47. The van der Waals surface area contributed by atoms with Gasteiger partial charge >= 0.3 is 0 Å². The van der Waals surface area contributed by atoms with Crippen LogP contribution in [0.25, 0.3) is 0 Å². The lowest BCUT2D eigenvalue weighted by atomic mass is 10.2. The first-order chi connectivity index (χ1) is 9.86. The fourth-order valence-electron chi connectivity index (χ4n) is 1.96. The molecular formula is C15H16INO3S. The van der Waals surface area contributed by atoms with Crippen LogP contribution in [0.2, 0.25) is 0 Å². The number of rotatable bonds is 4. The molecule has 0 aliphatic rings. The van der Waals surface area contributed by atoms with Crippen molar-refractivity contribution in [3.63, 3.8) is 0 Å². The van der Waals surface area contributed by atoms with Crippen molar-refractivity contribution in [3.05, 3.63) is 51.6 Å². The maximum Gasteiger partial charge on any atom is 0.264 e. The van der Waals surface area contributed by atoms with E-state index in [1.54, 1.807) is 44.5 Å². The van der Waals surface area contributed by atoms with Crippen LogP contribution < -0.4 is 9.04 Å². The number of hydrogen-bond donors (Lipinski definition) is 0. The summed E-state index contributed by atoms with van der Waals surface area (Å²) in [6.07, 6.45) is 0. The number of hydrogen-bond acceptors (Lipinski definition) is 3. The van der Waals surface area contributed by atoms with E-state index in [9.17, 15) is 8.42 Å². The highest BCUT2D eigenvalue weighted by molar-refractivity contribution is 14.1. The molecule has 2 aromatic rings. The summed E-state index contributed by atoms with van der Waals surface area (Å²) in [6, 6.07) is 12.2. The van der Waals surface area contributed by atoms with Gasteiger partial charge in [-0.15, -0.1) is 0 Å².